The number of hydrogen-bond donors (Lipinski definition) is 2. The second-order valence-electron chi connectivity index (χ2n) is 4.60. The van der Waals surface area contributed by atoms with Gasteiger partial charge in [-0.3, -0.25) is 0 Å². The standard InChI is InChI=1S/C13H19BrFNO/c1-9(2)6-11(8-17)16-7-10-4-3-5-12(15)13(10)14/h3-5,9,11,16-17H,6-8H2,1-2H3. The van der Waals surface area contributed by atoms with Crippen molar-refractivity contribution in [3.05, 3.63) is 34.1 Å². The third-order valence-corrected chi connectivity index (χ3v) is 3.48. The first-order valence-electron chi connectivity index (χ1n) is 5.81. The molecule has 1 atom stereocenters. The highest BCUT2D eigenvalue weighted by Crippen LogP contribution is 2.20. The molecule has 0 fully saturated rings. The maximum Gasteiger partial charge on any atom is 0.137 e. The van der Waals surface area contributed by atoms with Gasteiger partial charge < -0.3 is 10.4 Å². The third kappa shape index (κ3) is 4.74. The molecule has 0 bridgehead atoms. The first-order valence-corrected chi connectivity index (χ1v) is 6.61. The summed E-state index contributed by atoms with van der Waals surface area (Å²) in [5.74, 6) is 0.268. The van der Waals surface area contributed by atoms with E-state index in [1.165, 1.54) is 6.07 Å². The van der Waals surface area contributed by atoms with Crippen LogP contribution in [0.2, 0.25) is 0 Å². The molecule has 4 heteroatoms. The van der Waals surface area contributed by atoms with Crippen molar-refractivity contribution in [1.82, 2.24) is 5.32 Å². The SMILES string of the molecule is CC(C)CC(CO)NCc1cccc(F)c1Br. The van der Waals surface area contributed by atoms with Gasteiger partial charge in [-0.15, -0.1) is 0 Å². The molecule has 0 amide bonds. The normalized spacial score (nSPS) is 13.1. The Bertz CT molecular complexity index is 357. The zero-order valence-corrected chi connectivity index (χ0v) is 11.8. The molecular weight excluding hydrogens is 285 g/mol. The molecule has 1 rings (SSSR count). The van der Waals surface area contributed by atoms with Gasteiger partial charge in [0.15, 0.2) is 0 Å². The molecule has 0 heterocycles. The largest absolute Gasteiger partial charge is 0.395 e. The number of benzene rings is 1. The van der Waals surface area contributed by atoms with Gasteiger partial charge in [0.2, 0.25) is 0 Å². The van der Waals surface area contributed by atoms with E-state index in [1.54, 1.807) is 6.07 Å². The predicted molar refractivity (Wildman–Crippen MR) is 71.3 cm³/mol. The van der Waals surface area contributed by atoms with Gasteiger partial charge in [-0.1, -0.05) is 26.0 Å². The van der Waals surface area contributed by atoms with Crippen molar-refractivity contribution in [1.29, 1.82) is 0 Å². The van der Waals surface area contributed by atoms with Gasteiger partial charge in [0.05, 0.1) is 11.1 Å². The topological polar surface area (TPSA) is 32.3 Å². The van der Waals surface area contributed by atoms with Crippen LogP contribution in [-0.2, 0) is 6.54 Å². The van der Waals surface area contributed by atoms with Crippen LogP contribution in [0.5, 0.6) is 0 Å². The van der Waals surface area contributed by atoms with E-state index in [0.29, 0.717) is 16.9 Å². The Hall–Kier alpha value is -0.450. The molecule has 1 unspecified atom stereocenters. The molecule has 0 aliphatic carbocycles. The zero-order chi connectivity index (χ0) is 12.8. The Morgan fingerprint density at radius 3 is 2.71 bits per heavy atom. The quantitative estimate of drug-likeness (QED) is 0.846. The van der Waals surface area contributed by atoms with E-state index in [9.17, 15) is 9.50 Å². The first kappa shape index (κ1) is 14.6. The fourth-order valence-electron chi connectivity index (χ4n) is 1.73. The molecule has 1 aromatic rings. The first-order chi connectivity index (χ1) is 8.04. The van der Waals surface area contributed by atoms with Crippen LogP contribution < -0.4 is 5.32 Å². The summed E-state index contributed by atoms with van der Waals surface area (Å²) < 4.78 is 13.8. The maximum atomic E-state index is 13.3. The van der Waals surface area contributed by atoms with E-state index in [-0.39, 0.29) is 18.5 Å². The predicted octanol–water partition coefficient (Wildman–Crippen LogP) is 3.08. The van der Waals surface area contributed by atoms with Crippen molar-refractivity contribution in [3.63, 3.8) is 0 Å². The summed E-state index contributed by atoms with van der Waals surface area (Å²) in [5.41, 5.74) is 0.868. The highest BCUT2D eigenvalue weighted by Gasteiger charge is 2.11. The molecule has 0 spiro atoms. The second-order valence-corrected chi connectivity index (χ2v) is 5.40. The van der Waals surface area contributed by atoms with Gasteiger partial charge >= 0.3 is 0 Å². The average Bonchev–Trinajstić information content (AvgIpc) is 2.28. The zero-order valence-electron chi connectivity index (χ0n) is 10.2. The minimum absolute atomic E-state index is 0.0603. The summed E-state index contributed by atoms with van der Waals surface area (Å²) in [6, 6.07) is 5.04. The van der Waals surface area contributed by atoms with Crippen LogP contribution >= 0.6 is 15.9 Å². The Morgan fingerprint density at radius 2 is 2.12 bits per heavy atom. The van der Waals surface area contributed by atoms with Crippen LogP contribution in [0.15, 0.2) is 22.7 Å². The molecule has 96 valence electrons. The molecule has 0 aromatic heterocycles. The summed E-state index contributed by atoms with van der Waals surface area (Å²) in [6.07, 6.45) is 0.906. The van der Waals surface area contributed by atoms with Gasteiger partial charge in [-0.2, -0.15) is 0 Å². The molecule has 17 heavy (non-hydrogen) atoms. The molecule has 0 radical (unpaired) electrons. The van der Waals surface area contributed by atoms with E-state index in [4.69, 9.17) is 0 Å². The third-order valence-electron chi connectivity index (χ3n) is 2.59. The molecule has 0 aliphatic heterocycles. The van der Waals surface area contributed by atoms with E-state index >= 15 is 0 Å². The van der Waals surface area contributed by atoms with Crippen molar-refractivity contribution in [2.75, 3.05) is 6.61 Å². The molecule has 0 saturated carbocycles. The summed E-state index contributed by atoms with van der Waals surface area (Å²) >= 11 is 3.23. The van der Waals surface area contributed by atoms with Crippen molar-refractivity contribution in [2.45, 2.75) is 32.9 Å². The highest BCUT2D eigenvalue weighted by atomic mass is 79.9. The molecule has 2 N–H and O–H groups in total. The minimum Gasteiger partial charge on any atom is -0.395 e. The lowest BCUT2D eigenvalue weighted by molar-refractivity contribution is 0.223. The number of halogens is 2. The van der Waals surface area contributed by atoms with Gasteiger partial charge in [0.1, 0.15) is 5.82 Å². The molecule has 0 aliphatic rings. The molecular formula is C13H19BrFNO. The number of aliphatic hydroxyl groups excluding tert-OH is 1. The van der Waals surface area contributed by atoms with E-state index < -0.39 is 0 Å². The van der Waals surface area contributed by atoms with Crippen LogP contribution in [0, 0.1) is 11.7 Å². The van der Waals surface area contributed by atoms with Crippen molar-refractivity contribution >= 4 is 15.9 Å². The average molecular weight is 304 g/mol. The van der Waals surface area contributed by atoms with Gasteiger partial charge in [0, 0.05) is 12.6 Å². The minimum atomic E-state index is -0.256. The maximum absolute atomic E-state index is 13.3. The highest BCUT2D eigenvalue weighted by molar-refractivity contribution is 9.10. The number of aliphatic hydroxyl groups is 1. The fourth-order valence-corrected chi connectivity index (χ4v) is 2.14. The van der Waals surface area contributed by atoms with Crippen molar-refractivity contribution < 1.29 is 9.50 Å². The summed E-state index contributed by atoms with van der Waals surface area (Å²) in [4.78, 5) is 0. The fraction of sp³-hybridized carbons (Fsp3) is 0.538. The molecule has 1 aromatic carbocycles. The lowest BCUT2D eigenvalue weighted by atomic mass is 10.0. The summed E-state index contributed by atoms with van der Waals surface area (Å²) in [7, 11) is 0. The van der Waals surface area contributed by atoms with Crippen LogP contribution in [0.4, 0.5) is 4.39 Å². The van der Waals surface area contributed by atoms with Crippen molar-refractivity contribution in [3.8, 4) is 0 Å². The lowest BCUT2D eigenvalue weighted by Gasteiger charge is -2.18. The van der Waals surface area contributed by atoms with E-state index in [1.807, 2.05) is 6.07 Å². The summed E-state index contributed by atoms with van der Waals surface area (Å²) in [5, 5.41) is 12.5. The summed E-state index contributed by atoms with van der Waals surface area (Å²) in [6.45, 7) is 4.88. The van der Waals surface area contributed by atoms with Crippen LogP contribution in [0.25, 0.3) is 0 Å². The Kier molecular flexibility index (Phi) is 6.09. The van der Waals surface area contributed by atoms with Crippen LogP contribution in [0.1, 0.15) is 25.8 Å². The molecule has 0 saturated heterocycles. The van der Waals surface area contributed by atoms with E-state index in [2.05, 4.69) is 35.1 Å². The Morgan fingerprint density at radius 1 is 1.41 bits per heavy atom. The smallest absolute Gasteiger partial charge is 0.137 e. The van der Waals surface area contributed by atoms with Crippen LogP contribution in [-0.4, -0.2) is 17.8 Å². The van der Waals surface area contributed by atoms with Gasteiger partial charge in [-0.25, -0.2) is 4.39 Å². The van der Waals surface area contributed by atoms with Crippen molar-refractivity contribution in [2.24, 2.45) is 5.92 Å². The van der Waals surface area contributed by atoms with Gasteiger partial charge in [0.25, 0.3) is 0 Å². The Labute approximate surface area is 110 Å². The monoisotopic (exact) mass is 303 g/mol. The van der Waals surface area contributed by atoms with Gasteiger partial charge in [-0.05, 0) is 39.9 Å². The number of nitrogens with one attached hydrogen (secondary N) is 1. The van der Waals surface area contributed by atoms with Crippen LogP contribution in [0.3, 0.4) is 0 Å². The lowest BCUT2D eigenvalue weighted by Crippen LogP contribution is -2.33. The second kappa shape index (κ2) is 7.09. The number of rotatable bonds is 6. The molecule has 2 nitrogen and oxygen atoms in total. The Balaban J connectivity index is 2.56. The number of hydrogen-bond acceptors (Lipinski definition) is 2. The van der Waals surface area contributed by atoms with E-state index in [0.717, 1.165) is 12.0 Å².